The lowest BCUT2D eigenvalue weighted by molar-refractivity contribution is 0.0600. The van der Waals surface area contributed by atoms with Gasteiger partial charge in [-0.05, 0) is 56.2 Å². The molecule has 9 heteroatoms. The Kier molecular flexibility index (Phi) is 6.53. The quantitative estimate of drug-likeness (QED) is 0.435. The second-order valence-electron chi connectivity index (χ2n) is 7.71. The van der Waals surface area contributed by atoms with Crippen LogP contribution >= 0.6 is 0 Å². The minimum atomic E-state index is -0.660. The van der Waals surface area contributed by atoms with E-state index in [2.05, 4.69) is 20.6 Å². The summed E-state index contributed by atoms with van der Waals surface area (Å²) in [6.45, 7) is 1.75. The van der Waals surface area contributed by atoms with E-state index in [9.17, 15) is 18.8 Å². The number of nitrogens with one attached hydrogen (secondary N) is 2. The van der Waals surface area contributed by atoms with E-state index in [1.165, 1.54) is 25.3 Å². The van der Waals surface area contributed by atoms with Gasteiger partial charge in [-0.15, -0.1) is 0 Å². The highest BCUT2D eigenvalue weighted by atomic mass is 19.1. The molecule has 1 heterocycles. The van der Waals surface area contributed by atoms with E-state index in [-0.39, 0.29) is 11.3 Å². The molecule has 4 rings (SSSR count). The molecular formula is C25H22FN3O5. The first-order valence-corrected chi connectivity index (χ1v) is 10.6. The summed E-state index contributed by atoms with van der Waals surface area (Å²) in [5, 5.41) is 6.96. The van der Waals surface area contributed by atoms with Crippen LogP contribution < -0.4 is 10.7 Å². The zero-order valence-electron chi connectivity index (χ0n) is 18.6. The molecule has 2 aromatic carbocycles. The summed E-state index contributed by atoms with van der Waals surface area (Å²) < 4.78 is 24.4. The third kappa shape index (κ3) is 4.59. The Hall–Kier alpha value is -4.27. The van der Waals surface area contributed by atoms with Crippen molar-refractivity contribution in [2.45, 2.75) is 26.2 Å². The van der Waals surface area contributed by atoms with Gasteiger partial charge in [0.1, 0.15) is 11.6 Å². The lowest BCUT2D eigenvalue weighted by Crippen LogP contribution is -2.23. The first-order valence-electron chi connectivity index (χ1n) is 10.6. The predicted octanol–water partition coefficient (Wildman–Crippen LogP) is 4.24. The number of methoxy groups -OCH3 is 1. The molecule has 0 bridgehead atoms. The van der Waals surface area contributed by atoms with Gasteiger partial charge in [-0.2, -0.15) is 5.10 Å². The van der Waals surface area contributed by atoms with Crippen LogP contribution in [0.1, 0.15) is 61.0 Å². The Bertz CT molecular complexity index is 1290. The number of halogens is 1. The highest BCUT2D eigenvalue weighted by Crippen LogP contribution is 2.30. The number of hydrazone groups is 1. The first-order chi connectivity index (χ1) is 16.4. The van der Waals surface area contributed by atoms with Gasteiger partial charge in [-0.25, -0.2) is 14.6 Å². The molecule has 1 aromatic heterocycles. The number of rotatable bonds is 5. The fraction of sp³-hybridized carbons (Fsp3) is 0.200. The number of amides is 2. The Balaban J connectivity index is 1.53. The molecule has 0 fully saturated rings. The SMILES string of the molecule is COC(=O)c1ccc(NC(=O)c2oc3c(c2C)/C(=N/NC(=O)c2ccccc2F)CCC3)cc1. The molecular weight excluding hydrogens is 441 g/mol. The number of anilines is 1. The average molecular weight is 463 g/mol. The van der Waals surface area contributed by atoms with Crippen molar-refractivity contribution >= 4 is 29.2 Å². The molecule has 0 radical (unpaired) electrons. The smallest absolute Gasteiger partial charge is 0.337 e. The van der Waals surface area contributed by atoms with Crippen molar-refractivity contribution in [3.05, 3.63) is 88.1 Å². The molecule has 1 aliphatic rings. The maximum atomic E-state index is 13.9. The van der Waals surface area contributed by atoms with E-state index >= 15 is 0 Å². The zero-order valence-corrected chi connectivity index (χ0v) is 18.6. The molecule has 174 valence electrons. The second-order valence-corrected chi connectivity index (χ2v) is 7.71. The standard InChI is InChI=1S/C25H22FN3O5/c1-14-21-19(28-29-23(30)17-6-3-4-7-18(17)26)8-5-9-20(21)34-22(14)24(31)27-16-12-10-15(11-13-16)25(32)33-2/h3-4,6-7,10-13H,5,8-9H2,1-2H3,(H,27,31)(H,29,30)/b28-19+. The van der Waals surface area contributed by atoms with Crippen LogP contribution in [0.2, 0.25) is 0 Å². The number of carbonyl (C=O) groups excluding carboxylic acids is 3. The van der Waals surface area contributed by atoms with Gasteiger partial charge in [-0.1, -0.05) is 12.1 Å². The summed E-state index contributed by atoms with van der Waals surface area (Å²) in [6, 6.07) is 11.9. The Morgan fingerprint density at radius 2 is 1.76 bits per heavy atom. The monoisotopic (exact) mass is 463 g/mol. The topological polar surface area (TPSA) is 110 Å². The van der Waals surface area contributed by atoms with Gasteiger partial charge in [0.25, 0.3) is 11.8 Å². The minimum Gasteiger partial charge on any atom is -0.465 e. The highest BCUT2D eigenvalue weighted by molar-refractivity contribution is 6.09. The van der Waals surface area contributed by atoms with Gasteiger partial charge in [-0.3, -0.25) is 9.59 Å². The first kappa shape index (κ1) is 22.9. The molecule has 0 aliphatic heterocycles. The normalized spacial score (nSPS) is 13.8. The fourth-order valence-corrected chi connectivity index (χ4v) is 3.82. The van der Waals surface area contributed by atoms with E-state index in [1.807, 2.05) is 0 Å². The van der Waals surface area contributed by atoms with Crippen molar-refractivity contribution in [1.29, 1.82) is 0 Å². The van der Waals surface area contributed by atoms with Gasteiger partial charge >= 0.3 is 5.97 Å². The molecule has 2 amide bonds. The summed E-state index contributed by atoms with van der Waals surface area (Å²) in [5.74, 6) is -1.48. The van der Waals surface area contributed by atoms with Crippen molar-refractivity contribution < 1.29 is 27.9 Å². The van der Waals surface area contributed by atoms with Crippen molar-refractivity contribution in [3.63, 3.8) is 0 Å². The molecule has 34 heavy (non-hydrogen) atoms. The third-order valence-corrected chi connectivity index (χ3v) is 5.51. The van der Waals surface area contributed by atoms with E-state index in [1.54, 1.807) is 37.3 Å². The van der Waals surface area contributed by atoms with Crippen LogP contribution in [0.25, 0.3) is 0 Å². The van der Waals surface area contributed by atoms with E-state index in [0.29, 0.717) is 46.7 Å². The van der Waals surface area contributed by atoms with Crippen molar-refractivity contribution in [2.75, 3.05) is 12.4 Å². The molecule has 8 nitrogen and oxygen atoms in total. The Morgan fingerprint density at radius 1 is 1.03 bits per heavy atom. The van der Waals surface area contributed by atoms with E-state index in [4.69, 9.17) is 4.42 Å². The lowest BCUT2D eigenvalue weighted by atomic mass is 9.93. The molecule has 3 aromatic rings. The predicted molar refractivity (Wildman–Crippen MR) is 123 cm³/mol. The average Bonchev–Trinajstić information content (AvgIpc) is 3.20. The molecule has 0 saturated heterocycles. The number of nitrogens with zero attached hydrogens (tertiary/aromatic N) is 1. The van der Waals surface area contributed by atoms with Gasteiger partial charge < -0.3 is 14.5 Å². The largest absolute Gasteiger partial charge is 0.465 e. The van der Waals surface area contributed by atoms with Gasteiger partial charge in [0.2, 0.25) is 0 Å². The van der Waals surface area contributed by atoms with Crippen LogP contribution in [-0.4, -0.2) is 30.6 Å². The zero-order chi connectivity index (χ0) is 24.2. The number of furan rings is 1. The van der Waals surface area contributed by atoms with Crippen LogP contribution in [0.3, 0.4) is 0 Å². The lowest BCUT2D eigenvalue weighted by Gasteiger charge is -2.13. The maximum Gasteiger partial charge on any atom is 0.337 e. The number of hydrogen-bond acceptors (Lipinski definition) is 6. The number of carbonyl (C=O) groups is 3. The second kappa shape index (κ2) is 9.70. The number of aryl methyl sites for hydroxylation is 1. The molecule has 0 spiro atoms. The number of ether oxygens (including phenoxy) is 1. The van der Waals surface area contributed by atoms with Gasteiger partial charge in [0.15, 0.2) is 5.76 Å². The Morgan fingerprint density at radius 3 is 2.47 bits per heavy atom. The summed E-state index contributed by atoms with van der Waals surface area (Å²) in [4.78, 5) is 36.8. The molecule has 0 saturated carbocycles. The summed E-state index contributed by atoms with van der Waals surface area (Å²) >= 11 is 0. The number of benzene rings is 2. The van der Waals surface area contributed by atoms with Crippen LogP contribution in [0.4, 0.5) is 10.1 Å². The van der Waals surface area contributed by atoms with Crippen LogP contribution in [-0.2, 0) is 11.2 Å². The minimum absolute atomic E-state index is 0.106. The Labute approximate surface area is 194 Å². The number of fused-ring (bicyclic) bond motifs is 1. The van der Waals surface area contributed by atoms with Crippen LogP contribution in [0, 0.1) is 12.7 Å². The highest BCUT2D eigenvalue weighted by Gasteiger charge is 2.28. The van der Waals surface area contributed by atoms with Crippen LogP contribution in [0.5, 0.6) is 0 Å². The summed E-state index contributed by atoms with van der Waals surface area (Å²) in [7, 11) is 1.29. The van der Waals surface area contributed by atoms with Gasteiger partial charge in [0.05, 0.1) is 23.9 Å². The summed E-state index contributed by atoms with van der Waals surface area (Å²) in [5.41, 5.74) is 4.98. The molecule has 0 unspecified atom stereocenters. The van der Waals surface area contributed by atoms with Gasteiger partial charge in [0, 0.05) is 23.2 Å². The number of hydrogen-bond donors (Lipinski definition) is 2. The van der Waals surface area contributed by atoms with Crippen molar-refractivity contribution in [3.8, 4) is 0 Å². The molecule has 0 atom stereocenters. The molecule has 1 aliphatic carbocycles. The number of esters is 1. The maximum absolute atomic E-state index is 13.9. The van der Waals surface area contributed by atoms with Crippen LogP contribution in [0.15, 0.2) is 58.0 Å². The van der Waals surface area contributed by atoms with E-state index in [0.717, 1.165) is 6.42 Å². The fourth-order valence-electron chi connectivity index (χ4n) is 3.82. The third-order valence-electron chi connectivity index (χ3n) is 5.51. The molecule has 2 N–H and O–H groups in total. The van der Waals surface area contributed by atoms with Crippen molar-refractivity contribution in [1.82, 2.24) is 5.43 Å². The van der Waals surface area contributed by atoms with Crippen molar-refractivity contribution in [2.24, 2.45) is 5.10 Å². The summed E-state index contributed by atoms with van der Waals surface area (Å²) in [6.07, 6.45) is 1.92. The van der Waals surface area contributed by atoms with E-state index < -0.39 is 23.6 Å².